The van der Waals surface area contributed by atoms with Gasteiger partial charge in [0.2, 0.25) is 0 Å². The van der Waals surface area contributed by atoms with Crippen molar-refractivity contribution in [3.05, 3.63) is 59.9 Å². The highest BCUT2D eigenvalue weighted by molar-refractivity contribution is 5.26. The van der Waals surface area contributed by atoms with E-state index in [0.29, 0.717) is 6.61 Å². The number of aliphatic hydroxyl groups is 1. The first-order chi connectivity index (χ1) is 8.79. The predicted molar refractivity (Wildman–Crippen MR) is 70.7 cm³/mol. The molecular weight excluding hydrogens is 226 g/mol. The molecule has 0 spiro atoms. The maximum absolute atomic E-state index is 9.39. The van der Waals surface area contributed by atoms with Gasteiger partial charge in [0.15, 0.2) is 0 Å². The molecule has 2 rings (SSSR count). The van der Waals surface area contributed by atoms with E-state index in [1.54, 1.807) is 12.4 Å². The normalized spacial score (nSPS) is 12.1. The lowest BCUT2D eigenvalue weighted by Gasteiger charge is -2.15. The van der Waals surface area contributed by atoms with Gasteiger partial charge in [-0.15, -0.1) is 0 Å². The van der Waals surface area contributed by atoms with Crippen molar-refractivity contribution in [2.45, 2.75) is 12.8 Å². The van der Waals surface area contributed by atoms with Crippen LogP contribution in [-0.4, -0.2) is 23.3 Å². The molecule has 1 aromatic heterocycles. The van der Waals surface area contributed by atoms with Crippen molar-refractivity contribution in [3.63, 3.8) is 0 Å². The summed E-state index contributed by atoms with van der Waals surface area (Å²) in [7, 11) is 0. The molecule has 1 unspecified atom stereocenters. The Morgan fingerprint density at radius 2 is 2.00 bits per heavy atom. The summed E-state index contributed by atoms with van der Waals surface area (Å²) >= 11 is 0. The lowest BCUT2D eigenvalue weighted by Crippen LogP contribution is -2.14. The summed E-state index contributed by atoms with van der Waals surface area (Å²) in [5, 5.41) is 9.39. The molecule has 0 aliphatic rings. The van der Waals surface area contributed by atoms with E-state index in [0.717, 1.165) is 11.3 Å². The van der Waals surface area contributed by atoms with Crippen molar-refractivity contribution < 1.29 is 9.84 Å². The minimum absolute atomic E-state index is 0.0417. The highest BCUT2D eigenvalue weighted by Gasteiger charge is 2.11. The Balaban J connectivity index is 1.97. The van der Waals surface area contributed by atoms with E-state index in [-0.39, 0.29) is 12.5 Å². The van der Waals surface area contributed by atoms with Crippen LogP contribution in [0.1, 0.15) is 17.0 Å². The molecule has 0 amide bonds. The van der Waals surface area contributed by atoms with Gasteiger partial charge in [0.05, 0.1) is 13.2 Å². The number of ether oxygens (including phenoxy) is 1. The van der Waals surface area contributed by atoms with Crippen LogP contribution in [0.5, 0.6) is 5.75 Å². The molecule has 94 valence electrons. The molecule has 0 radical (unpaired) electrons. The quantitative estimate of drug-likeness (QED) is 0.877. The topological polar surface area (TPSA) is 42.4 Å². The first-order valence-corrected chi connectivity index (χ1v) is 6.00. The molecule has 18 heavy (non-hydrogen) atoms. The summed E-state index contributed by atoms with van der Waals surface area (Å²) in [4.78, 5) is 4.05. The average molecular weight is 243 g/mol. The Bertz CT molecular complexity index is 468. The van der Waals surface area contributed by atoms with Crippen molar-refractivity contribution in [2.75, 3.05) is 13.2 Å². The Kier molecular flexibility index (Phi) is 4.31. The summed E-state index contributed by atoms with van der Waals surface area (Å²) in [6, 6.07) is 11.7. The number of aryl methyl sites for hydroxylation is 1. The molecule has 0 saturated carbocycles. The third kappa shape index (κ3) is 3.31. The van der Waals surface area contributed by atoms with Crippen molar-refractivity contribution in [1.82, 2.24) is 4.98 Å². The van der Waals surface area contributed by atoms with E-state index < -0.39 is 0 Å². The van der Waals surface area contributed by atoms with Crippen LogP contribution in [0.25, 0.3) is 0 Å². The molecular formula is C15H17NO2. The van der Waals surface area contributed by atoms with Crippen LogP contribution >= 0.6 is 0 Å². The molecule has 1 aromatic carbocycles. The Labute approximate surface area is 107 Å². The second-order valence-electron chi connectivity index (χ2n) is 4.29. The van der Waals surface area contributed by atoms with Crippen molar-refractivity contribution >= 4 is 0 Å². The van der Waals surface area contributed by atoms with Crippen molar-refractivity contribution in [1.29, 1.82) is 0 Å². The van der Waals surface area contributed by atoms with E-state index in [9.17, 15) is 5.11 Å². The molecule has 0 aliphatic carbocycles. The summed E-state index contributed by atoms with van der Waals surface area (Å²) in [6.07, 6.45) is 3.48. The van der Waals surface area contributed by atoms with E-state index in [2.05, 4.69) is 4.98 Å². The fraction of sp³-hybridized carbons (Fsp3) is 0.267. The van der Waals surface area contributed by atoms with Gasteiger partial charge in [-0.05, 0) is 30.7 Å². The van der Waals surface area contributed by atoms with Crippen LogP contribution in [0.15, 0.2) is 48.8 Å². The zero-order valence-electron chi connectivity index (χ0n) is 10.4. The number of pyridine rings is 1. The van der Waals surface area contributed by atoms with E-state index >= 15 is 0 Å². The van der Waals surface area contributed by atoms with Crippen LogP contribution in [0.4, 0.5) is 0 Å². The van der Waals surface area contributed by atoms with Gasteiger partial charge in [-0.3, -0.25) is 4.98 Å². The SMILES string of the molecule is Cc1ccc(OCC(CO)c2cccnc2)cc1. The summed E-state index contributed by atoms with van der Waals surface area (Å²) in [6.45, 7) is 2.54. The Morgan fingerprint density at radius 1 is 1.22 bits per heavy atom. The van der Waals surface area contributed by atoms with E-state index in [4.69, 9.17) is 4.74 Å². The lowest BCUT2D eigenvalue weighted by atomic mass is 10.0. The predicted octanol–water partition coefficient (Wildman–Crippen LogP) is 2.54. The van der Waals surface area contributed by atoms with Gasteiger partial charge in [-0.25, -0.2) is 0 Å². The minimum Gasteiger partial charge on any atom is -0.493 e. The number of rotatable bonds is 5. The van der Waals surface area contributed by atoms with Gasteiger partial charge in [0.1, 0.15) is 5.75 Å². The molecule has 0 fully saturated rings. The Hall–Kier alpha value is -1.87. The minimum atomic E-state index is -0.0417. The van der Waals surface area contributed by atoms with E-state index in [1.165, 1.54) is 5.56 Å². The fourth-order valence-corrected chi connectivity index (χ4v) is 1.70. The first kappa shape index (κ1) is 12.6. The molecule has 0 bridgehead atoms. The smallest absolute Gasteiger partial charge is 0.119 e. The highest BCUT2D eigenvalue weighted by atomic mass is 16.5. The molecule has 0 aliphatic heterocycles. The summed E-state index contributed by atoms with van der Waals surface area (Å²) < 4.78 is 5.68. The number of hydrogen-bond acceptors (Lipinski definition) is 3. The van der Waals surface area contributed by atoms with Gasteiger partial charge < -0.3 is 9.84 Å². The van der Waals surface area contributed by atoms with Crippen LogP contribution in [0.2, 0.25) is 0 Å². The maximum atomic E-state index is 9.39. The molecule has 3 heteroatoms. The monoisotopic (exact) mass is 243 g/mol. The number of aliphatic hydroxyl groups excluding tert-OH is 1. The lowest BCUT2D eigenvalue weighted by molar-refractivity contribution is 0.205. The van der Waals surface area contributed by atoms with Gasteiger partial charge in [-0.1, -0.05) is 23.8 Å². The first-order valence-electron chi connectivity index (χ1n) is 6.00. The second kappa shape index (κ2) is 6.17. The van der Waals surface area contributed by atoms with Crippen LogP contribution in [0, 0.1) is 6.92 Å². The molecule has 0 saturated heterocycles. The van der Waals surface area contributed by atoms with Crippen LogP contribution in [0.3, 0.4) is 0 Å². The third-order valence-electron chi connectivity index (χ3n) is 2.85. The maximum Gasteiger partial charge on any atom is 0.119 e. The van der Waals surface area contributed by atoms with Gasteiger partial charge in [0, 0.05) is 18.3 Å². The fourth-order valence-electron chi connectivity index (χ4n) is 1.70. The van der Waals surface area contributed by atoms with Crippen LogP contribution < -0.4 is 4.74 Å². The number of hydrogen-bond donors (Lipinski definition) is 1. The number of aromatic nitrogens is 1. The standard InChI is InChI=1S/C15H17NO2/c1-12-4-6-15(7-5-12)18-11-14(10-17)13-3-2-8-16-9-13/h2-9,14,17H,10-11H2,1H3. The average Bonchev–Trinajstić information content (AvgIpc) is 2.43. The molecule has 2 aromatic rings. The molecule has 1 N–H and O–H groups in total. The third-order valence-corrected chi connectivity index (χ3v) is 2.85. The number of benzene rings is 1. The van der Waals surface area contributed by atoms with Gasteiger partial charge >= 0.3 is 0 Å². The zero-order valence-corrected chi connectivity index (χ0v) is 10.4. The Morgan fingerprint density at radius 3 is 2.61 bits per heavy atom. The van der Waals surface area contributed by atoms with Crippen molar-refractivity contribution in [3.8, 4) is 5.75 Å². The largest absolute Gasteiger partial charge is 0.493 e. The summed E-state index contributed by atoms with van der Waals surface area (Å²) in [5.74, 6) is 0.781. The molecule has 1 atom stereocenters. The highest BCUT2D eigenvalue weighted by Crippen LogP contribution is 2.17. The molecule has 3 nitrogen and oxygen atoms in total. The van der Waals surface area contributed by atoms with Gasteiger partial charge in [-0.2, -0.15) is 0 Å². The van der Waals surface area contributed by atoms with Crippen molar-refractivity contribution in [2.24, 2.45) is 0 Å². The van der Waals surface area contributed by atoms with E-state index in [1.807, 2.05) is 43.3 Å². The van der Waals surface area contributed by atoms with Gasteiger partial charge in [0.25, 0.3) is 0 Å². The van der Waals surface area contributed by atoms with Crippen LogP contribution in [-0.2, 0) is 0 Å². The number of nitrogens with zero attached hydrogens (tertiary/aromatic N) is 1. The molecule has 1 heterocycles. The second-order valence-corrected chi connectivity index (χ2v) is 4.29. The zero-order chi connectivity index (χ0) is 12.8. The summed E-state index contributed by atoms with van der Waals surface area (Å²) in [5.41, 5.74) is 2.19.